The molecule has 1 heterocycles. The molecule has 4 nitrogen and oxygen atoms in total. The van der Waals surface area contributed by atoms with Crippen LogP contribution in [-0.2, 0) is 0 Å². The van der Waals surface area contributed by atoms with Crippen molar-refractivity contribution in [3.05, 3.63) is 15.8 Å². The van der Waals surface area contributed by atoms with Gasteiger partial charge in [0.1, 0.15) is 0 Å². The van der Waals surface area contributed by atoms with Crippen LogP contribution in [0.5, 0.6) is 0 Å². The van der Waals surface area contributed by atoms with Crippen molar-refractivity contribution in [3.8, 4) is 0 Å². The number of aromatic nitrogens is 3. The molecule has 1 aromatic heterocycles. The third-order valence-corrected chi connectivity index (χ3v) is 1.39. The fourth-order valence-corrected chi connectivity index (χ4v) is 0.968. The topological polar surface area (TPSA) is 50.7 Å². The van der Waals surface area contributed by atoms with E-state index in [0.29, 0.717) is 0 Å². The van der Waals surface area contributed by atoms with Crippen LogP contribution in [0.15, 0.2) is 4.79 Å². The molecule has 56 valence electrons. The highest BCUT2D eigenvalue weighted by Gasteiger charge is 2.04. The fraction of sp³-hybridized carbons (Fsp3) is 0.600. The fourth-order valence-electron chi connectivity index (χ4n) is 0.654. The Labute approximate surface area is 62.8 Å². The minimum atomic E-state index is -0.404. The molecule has 1 rings (SSSR count). The molecule has 1 aromatic rings. The molecule has 0 aliphatic rings. The van der Waals surface area contributed by atoms with E-state index in [1.165, 1.54) is 4.68 Å². The lowest BCUT2D eigenvalue weighted by atomic mass is 10.4. The number of rotatable bonds is 1. The van der Waals surface area contributed by atoms with Gasteiger partial charge in [-0.2, -0.15) is 4.98 Å². The Hall–Kier alpha value is -0.770. The summed E-state index contributed by atoms with van der Waals surface area (Å²) in [5, 5.41) is 2.67. The van der Waals surface area contributed by atoms with Gasteiger partial charge < -0.3 is 0 Å². The van der Waals surface area contributed by atoms with Gasteiger partial charge in [-0.3, -0.25) is 4.68 Å². The highest BCUT2D eigenvalue weighted by molar-refractivity contribution is 6.28. The maximum absolute atomic E-state index is 10.5. The number of nitrogens with zero attached hydrogens (tertiary/aromatic N) is 2. The predicted molar refractivity (Wildman–Crippen MR) is 38.2 cm³/mol. The molecular weight excluding hydrogens is 154 g/mol. The van der Waals surface area contributed by atoms with Crippen molar-refractivity contribution in [1.82, 2.24) is 14.8 Å². The summed E-state index contributed by atoms with van der Waals surface area (Å²) in [6, 6.07) is 0.141. The van der Waals surface area contributed by atoms with E-state index >= 15 is 0 Å². The summed E-state index contributed by atoms with van der Waals surface area (Å²) in [7, 11) is 0. The number of hydrogen-bond acceptors (Lipinski definition) is 2. The van der Waals surface area contributed by atoms with Gasteiger partial charge in [-0.15, -0.1) is 0 Å². The third-order valence-electron chi connectivity index (χ3n) is 1.13. The molecule has 0 aliphatic heterocycles. The molecule has 0 amide bonds. The van der Waals surface area contributed by atoms with Crippen LogP contribution < -0.4 is 5.69 Å². The summed E-state index contributed by atoms with van der Waals surface area (Å²) in [6.07, 6.45) is 0. The van der Waals surface area contributed by atoms with Crippen LogP contribution >= 0.6 is 11.6 Å². The van der Waals surface area contributed by atoms with Crippen LogP contribution in [0.25, 0.3) is 0 Å². The summed E-state index contributed by atoms with van der Waals surface area (Å²) < 4.78 is 1.50. The Morgan fingerprint density at radius 1 is 1.70 bits per heavy atom. The first-order chi connectivity index (χ1) is 4.61. The van der Waals surface area contributed by atoms with Gasteiger partial charge in [0.2, 0.25) is 5.28 Å². The van der Waals surface area contributed by atoms with Gasteiger partial charge in [0.15, 0.2) is 0 Å². The molecule has 0 spiro atoms. The van der Waals surface area contributed by atoms with Gasteiger partial charge in [-0.05, 0) is 25.4 Å². The number of halogens is 1. The van der Waals surface area contributed by atoms with E-state index in [0.717, 1.165) is 0 Å². The number of H-pyrrole nitrogens is 1. The number of nitrogens with one attached hydrogen (secondary N) is 1. The van der Waals surface area contributed by atoms with Gasteiger partial charge in [0, 0.05) is 6.04 Å². The van der Waals surface area contributed by atoms with Crippen LogP contribution in [-0.4, -0.2) is 14.8 Å². The zero-order valence-electron chi connectivity index (χ0n) is 5.76. The Balaban J connectivity index is 3.15. The normalized spacial score (nSPS) is 10.8. The first-order valence-electron chi connectivity index (χ1n) is 2.95. The second-order valence-corrected chi connectivity index (χ2v) is 2.60. The highest BCUT2D eigenvalue weighted by atomic mass is 35.5. The maximum Gasteiger partial charge on any atom is 0.362 e. The predicted octanol–water partition coefficient (Wildman–Crippen LogP) is 0.806. The molecule has 0 saturated carbocycles. The molecule has 5 heteroatoms. The van der Waals surface area contributed by atoms with E-state index in [2.05, 4.69) is 10.1 Å². The second kappa shape index (κ2) is 2.46. The lowest BCUT2D eigenvalue weighted by Gasteiger charge is -2.04. The van der Waals surface area contributed by atoms with E-state index in [1.54, 1.807) is 0 Å². The summed E-state index contributed by atoms with van der Waals surface area (Å²) in [5.41, 5.74) is -0.404. The van der Waals surface area contributed by atoms with Gasteiger partial charge in [-0.1, -0.05) is 0 Å². The van der Waals surface area contributed by atoms with Crippen LogP contribution in [0.4, 0.5) is 0 Å². The lowest BCUT2D eigenvalue weighted by Crippen LogP contribution is -2.08. The van der Waals surface area contributed by atoms with Crippen LogP contribution in [0.3, 0.4) is 0 Å². The van der Waals surface area contributed by atoms with Gasteiger partial charge in [0.05, 0.1) is 0 Å². The quantitative estimate of drug-likeness (QED) is 0.663. The van der Waals surface area contributed by atoms with Crippen molar-refractivity contribution in [1.29, 1.82) is 0 Å². The molecule has 0 bridgehead atoms. The Morgan fingerprint density at radius 2 is 2.30 bits per heavy atom. The van der Waals surface area contributed by atoms with Gasteiger partial charge >= 0.3 is 5.69 Å². The number of hydrogen-bond donors (Lipinski definition) is 1. The first-order valence-corrected chi connectivity index (χ1v) is 3.33. The van der Waals surface area contributed by atoms with Gasteiger partial charge in [0.25, 0.3) is 0 Å². The Bertz CT molecular complexity index is 275. The van der Waals surface area contributed by atoms with Gasteiger partial charge in [-0.25, -0.2) is 9.89 Å². The molecule has 0 radical (unpaired) electrons. The average molecular weight is 162 g/mol. The van der Waals surface area contributed by atoms with Crippen LogP contribution in [0, 0.1) is 0 Å². The Morgan fingerprint density at radius 3 is 2.50 bits per heavy atom. The monoisotopic (exact) mass is 161 g/mol. The van der Waals surface area contributed by atoms with E-state index in [9.17, 15) is 4.79 Å². The molecule has 0 atom stereocenters. The summed E-state index contributed by atoms with van der Waals surface area (Å²) >= 11 is 5.56. The minimum absolute atomic E-state index is 0.141. The SMILES string of the molecule is CC(C)n1[nH]c(=O)nc1Cl. The average Bonchev–Trinajstić information content (AvgIpc) is 2.10. The molecular formula is C5H8ClN3O. The first kappa shape index (κ1) is 7.34. The third kappa shape index (κ3) is 1.21. The molecule has 1 N–H and O–H groups in total. The Kier molecular flexibility index (Phi) is 1.80. The van der Waals surface area contributed by atoms with E-state index < -0.39 is 5.69 Å². The lowest BCUT2D eigenvalue weighted by molar-refractivity contribution is 0.528. The summed E-state index contributed by atoms with van der Waals surface area (Å²) in [6.45, 7) is 3.81. The maximum atomic E-state index is 10.5. The highest BCUT2D eigenvalue weighted by Crippen LogP contribution is 2.06. The second-order valence-electron chi connectivity index (χ2n) is 2.26. The molecule has 10 heavy (non-hydrogen) atoms. The van der Waals surface area contributed by atoms with E-state index in [1.807, 2.05) is 13.8 Å². The zero-order chi connectivity index (χ0) is 7.72. The number of aromatic amines is 1. The van der Waals surface area contributed by atoms with Crippen molar-refractivity contribution < 1.29 is 0 Å². The summed E-state index contributed by atoms with van der Waals surface area (Å²) in [5.74, 6) is 0. The van der Waals surface area contributed by atoms with Crippen molar-refractivity contribution >= 4 is 11.6 Å². The van der Waals surface area contributed by atoms with Crippen molar-refractivity contribution in [2.75, 3.05) is 0 Å². The van der Waals surface area contributed by atoms with E-state index in [-0.39, 0.29) is 11.3 Å². The smallest absolute Gasteiger partial charge is 0.254 e. The molecule has 0 aromatic carbocycles. The molecule has 0 unspecified atom stereocenters. The zero-order valence-corrected chi connectivity index (χ0v) is 6.51. The van der Waals surface area contributed by atoms with E-state index in [4.69, 9.17) is 11.6 Å². The molecule has 0 saturated heterocycles. The largest absolute Gasteiger partial charge is 0.362 e. The summed E-state index contributed by atoms with van der Waals surface area (Å²) in [4.78, 5) is 14.0. The molecule has 0 fully saturated rings. The van der Waals surface area contributed by atoms with Crippen LogP contribution in [0.1, 0.15) is 19.9 Å². The van der Waals surface area contributed by atoms with Crippen molar-refractivity contribution in [2.45, 2.75) is 19.9 Å². The standard InChI is InChI=1S/C5H8ClN3O/c1-3(2)9-4(6)7-5(10)8-9/h3H,1-2H3,(H,8,10). The van der Waals surface area contributed by atoms with Crippen molar-refractivity contribution in [2.24, 2.45) is 0 Å². The minimum Gasteiger partial charge on any atom is -0.254 e. The van der Waals surface area contributed by atoms with Crippen molar-refractivity contribution in [3.63, 3.8) is 0 Å². The molecule has 0 aliphatic carbocycles. The van der Waals surface area contributed by atoms with Crippen LogP contribution in [0.2, 0.25) is 5.28 Å².